The maximum atomic E-state index is 6.48. The molecule has 11 rings (SSSR count). The van der Waals surface area contributed by atoms with E-state index >= 15 is 0 Å². The lowest BCUT2D eigenvalue weighted by atomic mass is 9.93. The summed E-state index contributed by atoms with van der Waals surface area (Å²) < 4.78 is 9.06. The summed E-state index contributed by atoms with van der Waals surface area (Å²) in [6.07, 6.45) is 0. The Kier molecular flexibility index (Phi) is 7.64. The molecule has 0 atom stereocenters. The Morgan fingerprint density at radius 2 is 0.857 bits per heavy atom. The van der Waals surface area contributed by atoms with Crippen LogP contribution < -0.4 is 0 Å². The van der Waals surface area contributed by atoms with Gasteiger partial charge in [-0.1, -0.05) is 152 Å². The van der Waals surface area contributed by atoms with E-state index < -0.39 is 0 Å². The Morgan fingerprint density at radius 3 is 1.66 bits per heavy atom. The van der Waals surface area contributed by atoms with E-state index in [4.69, 9.17) is 19.4 Å². The van der Waals surface area contributed by atoms with Crippen LogP contribution >= 0.6 is 11.3 Å². The number of aromatic nitrogens is 3. The van der Waals surface area contributed by atoms with E-state index in [2.05, 4.69) is 140 Å². The Labute approximate surface area is 327 Å². The molecule has 0 aliphatic heterocycles. The van der Waals surface area contributed by atoms with Gasteiger partial charge in [0, 0.05) is 47.6 Å². The number of benzene rings is 8. The first-order chi connectivity index (χ1) is 27.7. The summed E-state index contributed by atoms with van der Waals surface area (Å²) in [5.41, 5.74) is 11.0. The van der Waals surface area contributed by atoms with E-state index in [-0.39, 0.29) is 0 Å². The molecule has 0 amide bonds. The van der Waals surface area contributed by atoms with E-state index in [1.165, 1.54) is 25.7 Å². The van der Waals surface area contributed by atoms with Crippen LogP contribution in [0.4, 0.5) is 0 Å². The summed E-state index contributed by atoms with van der Waals surface area (Å²) in [4.78, 5) is 15.5. The van der Waals surface area contributed by atoms with Gasteiger partial charge in [-0.2, -0.15) is 0 Å². The predicted octanol–water partition coefficient (Wildman–Crippen LogP) is 14.1. The minimum Gasteiger partial charge on any atom is -0.456 e. The molecule has 56 heavy (non-hydrogen) atoms. The zero-order valence-electron chi connectivity index (χ0n) is 30.1. The van der Waals surface area contributed by atoms with Gasteiger partial charge in [-0.15, -0.1) is 11.3 Å². The maximum Gasteiger partial charge on any atom is 0.164 e. The van der Waals surface area contributed by atoms with Gasteiger partial charge in [-0.3, -0.25) is 0 Å². The molecule has 3 aromatic heterocycles. The van der Waals surface area contributed by atoms with Crippen molar-refractivity contribution in [3.8, 4) is 67.5 Å². The van der Waals surface area contributed by atoms with E-state index in [0.29, 0.717) is 17.5 Å². The third-order valence-electron chi connectivity index (χ3n) is 10.6. The Balaban J connectivity index is 1.10. The number of nitrogens with zero attached hydrogens (tertiary/aromatic N) is 3. The number of rotatable bonds is 6. The van der Waals surface area contributed by atoms with Crippen LogP contribution in [0.3, 0.4) is 0 Å². The van der Waals surface area contributed by atoms with Crippen molar-refractivity contribution in [2.24, 2.45) is 0 Å². The molecule has 0 saturated carbocycles. The van der Waals surface area contributed by atoms with Gasteiger partial charge in [-0.05, 0) is 69.8 Å². The van der Waals surface area contributed by atoms with Crippen LogP contribution in [-0.4, -0.2) is 15.0 Å². The quantitative estimate of drug-likeness (QED) is 0.171. The van der Waals surface area contributed by atoms with Crippen LogP contribution in [0.1, 0.15) is 0 Å². The van der Waals surface area contributed by atoms with Crippen molar-refractivity contribution >= 4 is 53.4 Å². The number of para-hydroxylation sites is 1. The molecular formula is C51H31N3OS. The van der Waals surface area contributed by atoms with E-state index in [0.717, 1.165) is 66.4 Å². The fourth-order valence-electron chi connectivity index (χ4n) is 7.75. The van der Waals surface area contributed by atoms with Crippen molar-refractivity contribution in [1.29, 1.82) is 0 Å². The standard InChI is InChI=1S/C51H31N3OS/c1-3-12-32(13-4-1)33-22-24-35(25-23-33)50-52-49(34-14-5-2-6-15-34)53-51(54-50)44-30-43-39-18-7-9-20-45(39)55-46(43)31-42(44)38-17-11-16-36(28-38)37-26-27-41-40-19-8-10-21-47(40)56-48(41)29-37/h1-31H. The Bertz CT molecular complexity index is 3240. The minimum absolute atomic E-state index is 0.597. The lowest BCUT2D eigenvalue weighted by Crippen LogP contribution is -2.01. The second kappa shape index (κ2) is 13.3. The molecule has 0 unspecified atom stereocenters. The van der Waals surface area contributed by atoms with Crippen molar-refractivity contribution in [2.45, 2.75) is 0 Å². The third-order valence-corrected chi connectivity index (χ3v) is 11.7. The molecular weight excluding hydrogens is 703 g/mol. The first-order valence-corrected chi connectivity index (χ1v) is 19.5. The van der Waals surface area contributed by atoms with Gasteiger partial charge in [0.2, 0.25) is 0 Å². The Hall–Kier alpha value is -7.21. The molecule has 5 heteroatoms. The number of furan rings is 1. The van der Waals surface area contributed by atoms with E-state index in [9.17, 15) is 0 Å². The van der Waals surface area contributed by atoms with Gasteiger partial charge < -0.3 is 4.42 Å². The van der Waals surface area contributed by atoms with Gasteiger partial charge in [0.15, 0.2) is 17.5 Å². The predicted molar refractivity (Wildman–Crippen MR) is 233 cm³/mol. The molecule has 0 aliphatic rings. The van der Waals surface area contributed by atoms with Crippen LogP contribution in [0, 0.1) is 0 Å². The summed E-state index contributed by atoms with van der Waals surface area (Å²) in [6, 6.07) is 65.7. The maximum absolute atomic E-state index is 6.48. The average molecular weight is 734 g/mol. The molecule has 4 nitrogen and oxygen atoms in total. The number of fused-ring (bicyclic) bond motifs is 6. The molecule has 262 valence electrons. The van der Waals surface area contributed by atoms with Gasteiger partial charge >= 0.3 is 0 Å². The van der Waals surface area contributed by atoms with Crippen LogP contribution in [-0.2, 0) is 0 Å². The fraction of sp³-hybridized carbons (Fsp3) is 0. The first kappa shape index (κ1) is 32.2. The normalized spacial score (nSPS) is 11.6. The zero-order valence-corrected chi connectivity index (χ0v) is 30.9. The van der Waals surface area contributed by atoms with Crippen LogP contribution in [0.15, 0.2) is 192 Å². The summed E-state index contributed by atoms with van der Waals surface area (Å²) in [7, 11) is 0. The molecule has 0 spiro atoms. The van der Waals surface area contributed by atoms with Gasteiger partial charge in [-0.25, -0.2) is 15.0 Å². The molecule has 0 bridgehead atoms. The molecule has 0 aliphatic carbocycles. The molecule has 8 aromatic carbocycles. The highest BCUT2D eigenvalue weighted by molar-refractivity contribution is 7.25. The first-order valence-electron chi connectivity index (χ1n) is 18.7. The number of hydrogen-bond acceptors (Lipinski definition) is 5. The van der Waals surface area contributed by atoms with Crippen molar-refractivity contribution in [3.05, 3.63) is 188 Å². The van der Waals surface area contributed by atoms with Crippen LogP contribution in [0.2, 0.25) is 0 Å². The van der Waals surface area contributed by atoms with Crippen molar-refractivity contribution in [2.75, 3.05) is 0 Å². The minimum atomic E-state index is 0.597. The Morgan fingerprint density at radius 1 is 0.304 bits per heavy atom. The second-order valence-electron chi connectivity index (χ2n) is 14.0. The lowest BCUT2D eigenvalue weighted by Gasteiger charge is -2.14. The van der Waals surface area contributed by atoms with Crippen molar-refractivity contribution < 1.29 is 4.42 Å². The molecule has 0 saturated heterocycles. The highest BCUT2D eigenvalue weighted by Gasteiger charge is 2.20. The second-order valence-corrected chi connectivity index (χ2v) is 15.1. The van der Waals surface area contributed by atoms with Gasteiger partial charge in [0.1, 0.15) is 11.2 Å². The van der Waals surface area contributed by atoms with Gasteiger partial charge in [0.25, 0.3) is 0 Å². The molecule has 0 N–H and O–H groups in total. The lowest BCUT2D eigenvalue weighted by molar-refractivity contribution is 0.669. The zero-order chi connectivity index (χ0) is 37.0. The SMILES string of the molecule is c1ccc(-c2ccc(-c3nc(-c4ccccc4)nc(-c4cc5c(cc4-c4cccc(-c6ccc7c(c6)sc6ccccc67)c4)oc4ccccc45)n3)cc2)cc1. The van der Waals surface area contributed by atoms with E-state index in [1.807, 2.05) is 59.9 Å². The number of hydrogen-bond donors (Lipinski definition) is 0. The topological polar surface area (TPSA) is 51.8 Å². The molecule has 11 aromatic rings. The molecule has 0 radical (unpaired) electrons. The smallest absolute Gasteiger partial charge is 0.164 e. The van der Waals surface area contributed by atoms with Crippen molar-refractivity contribution in [3.63, 3.8) is 0 Å². The summed E-state index contributed by atoms with van der Waals surface area (Å²) in [5.74, 6) is 1.83. The highest BCUT2D eigenvalue weighted by atomic mass is 32.1. The summed E-state index contributed by atoms with van der Waals surface area (Å²) >= 11 is 1.84. The highest BCUT2D eigenvalue weighted by Crippen LogP contribution is 2.41. The van der Waals surface area contributed by atoms with Gasteiger partial charge in [0.05, 0.1) is 0 Å². The molecule has 0 fully saturated rings. The third kappa shape index (κ3) is 5.65. The fourth-order valence-corrected chi connectivity index (χ4v) is 8.90. The van der Waals surface area contributed by atoms with E-state index in [1.54, 1.807) is 0 Å². The summed E-state index contributed by atoms with van der Waals surface area (Å²) in [5, 5.41) is 4.66. The van der Waals surface area contributed by atoms with Crippen molar-refractivity contribution in [1.82, 2.24) is 15.0 Å². The largest absolute Gasteiger partial charge is 0.456 e. The molecule has 3 heterocycles. The monoisotopic (exact) mass is 733 g/mol. The van der Waals surface area contributed by atoms with Crippen LogP contribution in [0.5, 0.6) is 0 Å². The summed E-state index contributed by atoms with van der Waals surface area (Å²) in [6.45, 7) is 0. The average Bonchev–Trinajstić information content (AvgIpc) is 3.84. The van der Waals surface area contributed by atoms with Crippen LogP contribution in [0.25, 0.3) is 110 Å². The number of thiophene rings is 1.